The minimum atomic E-state index is 0.626. The molecule has 0 aromatic carbocycles. The molecule has 0 atom stereocenters. The van der Waals surface area contributed by atoms with Gasteiger partial charge in [-0.3, -0.25) is 0 Å². The molecule has 0 unspecified atom stereocenters. The van der Waals surface area contributed by atoms with Crippen molar-refractivity contribution in [1.82, 2.24) is 0 Å². The molecule has 0 aromatic heterocycles. The molecule has 0 saturated carbocycles. The first-order valence-corrected chi connectivity index (χ1v) is 17.6. The first kappa shape index (κ1) is 19.6. The van der Waals surface area contributed by atoms with Crippen LogP contribution in [-0.4, -0.2) is 42.4 Å². The number of thioether (sulfide) groups is 8. The van der Waals surface area contributed by atoms with Crippen molar-refractivity contribution in [2.45, 2.75) is 0 Å². The molecule has 4 aliphatic rings. The van der Waals surface area contributed by atoms with Gasteiger partial charge < -0.3 is 0 Å². The van der Waals surface area contributed by atoms with Gasteiger partial charge in [0.2, 0.25) is 0 Å². The van der Waals surface area contributed by atoms with Gasteiger partial charge >= 0.3 is 179 Å². The topological polar surface area (TPSA) is 0 Å². The van der Waals surface area contributed by atoms with Crippen LogP contribution in [0.25, 0.3) is 0 Å². The molecule has 0 amide bonds. The van der Waals surface area contributed by atoms with Crippen molar-refractivity contribution in [3.63, 3.8) is 0 Å². The van der Waals surface area contributed by atoms with Crippen LogP contribution in [0.5, 0.6) is 0 Å². The Kier molecular flexibility index (Phi) is 7.50. The predicted octanol–water partition coefficient (Wildman–Crippen LogP) is 7.11. The maximum atomic E-state index is 2.38. The monoisotopic (exact) mass is 594 g/mol. The van der Waals surface area contributed by atoms with Gasteiger partial charge in [0, 0.05) is 0 Å². The van der Waals surface area contributed by atoms with Gasteiger partial charge in [-0.15, -0.1) is 0 Å². The third-order valence-electron chi connectivity index (χ3n) is 2.78. The van der Waals surface area contributed by atoms with Crippen molar-refractivity contribution < 1.29 is 0 Å². The van der Waals surface area contributed by atoms with Crippen LogP contribution in [0.2, 0.25) is 0 Å². The number of hydrogen-bond donors (Lipinski definition) is 0. The molecule has 0 nitrogen and oxygen atoms in total. The van der Waals surface area contributed by atoms with Crippen molar-refractivity contribution in [1.29, 1.82) is 0 Å². The molecule has 0 aliphatic carbocycles. The van der Waals surface area contributed by atoms with Crippen LogP contribution >= 0.6 is 94.1 Å². The Morgan fingerprint density at radius 1 is 0.708 bits per heavy atom. The van der Waals surface area contributed by atoms with Gasteiger partial charge in [0.25, 0.3) is 0 Å². The second-order valence-corrected chi connectivity index (χ2v) is 19.1. The molecule has 4 heterocycles. The second-order valence-electron chi connectivity index (χ2n) is 4.22. The molecule has 0 saturated heterocycles. The van der Waals surface area contributed by atoms with Crippen LogP contribution in [0.3, 0.4) is 0 Å². The van der Waals surface area contributed by atoms with E-state index in [0.29, 0.717) is 29.9 Å². The van der Waals surface area contributed by atoms with Crippen LogP contribution in [0, 0.1) is 0 Å². The number of hydrogen-bond acceptors (Lipinski definition) is 8. The van der Waals surface area contributed by atoms with E-state index < -0.39 is 0 Å². The third-order valence-corrected chi connectivity index (χ3v) is 20.5. The van der Waals surface area contributed by atoms with E-state index in [2.05, 4.69) is 34.6 Å². The Morgan fingerprint density at radius 3 is 1.71 bits per heavy atom. The van der Waals surface area contributed by atoms with Gasteiger partial charge in [0.15, 0.2) is 0 Å². The van der Waals surface area contributed by atoms with Gasteiger partial charge in [-0.1, -0.05) is 0 Å². The Hall–Kier alpha value is 2.28. The zero-order valence-electron chi connectivity index (χ0n) is 12.4. The zero-order valence-corrected chi connectivity index (χ0v) is 22.4. The molecular formula is C14H10S8Se2. The van der Waals surface area contributed by atoms with E-state index in [0.717, 1.165) is 0 Å². The summed E-state index contributed by atoms with van der Waals surface area (Å²) in [6, 6.07) is 0. The van der Waals surface area contributed by atoms with Gasteiger partial charge in [0.1, 0.15) is 0 Å². The summed E-state index contributed by atoms with van der Waals surface area (Å²) in [6.45, 7) is 0. The molecule has 4 aliphatic heterocycles. The van der Waals surface area contributed by atoms with Crippen molar-refractivity contribution >= 4 is 124 Å². The number of allylic oxidation sites excluding steroid dienone is 2. The Morgan fingerprint density at radius 2 is 1.21 bits per heavy atom. The van der Waals surface area contributed by atoms with E-state index in [1.807, 2.05) is 94.1 Å². The predicted molar refractivity (Wildman–Crippen MR) is 130 cm³/mol. The summed E-state index contributed by atoms with van der Waals surface area (Å²) in [5.41, 5.74) is 0. The molecule has 10 heteroatoms. The average Bonchev–Trinajstić information content (AvgIpc) is 3.33. The molecule has 0 N–H and O–H groups in total. The SMILES string of the molecule is CSC1=C(SC)SC(=CC=C2SC3=C(S2)SC(=C2[Se]C=C[Se]2)S3)S1. The molecule has 0 spiro atoms. The maximum absolute atomic E-state index is 2.38. The summed E-state index contributed by atoms with van der Waals surface area (Å²) in [5, 5.41) is 0. The molecule has 0 aromatic rings. The summed E-state index contributed by atoms with van der Waals surface area (Å²) in [6.07, 6.45) is 8.94. The molecule has 24 heavy (non-hydrogen) atoms. The fourth-order valence-corrected chi connectivity index (χ4v) is 18.8. The fraction of sp³-hybridized carbons (Fsp3) is 0.143. The van der Waals surface area contributed by atoms with Crippen LogP contribution in [-0.2, 0) is 0 Å². The fourth-order valence-electron chi connectivity index (χ4n) is 1.80. The Balaban J connectivity index is 1.37. The van der Waals surface area contributed by atoms with Gasteiger partial charge in [-0.25, -0.2) is 0 Å². The summed E-state index contributed by atoms with van der Waals surface area (Å²) < 4.78 is 12.0. The zero-order chi connectivity index (χ0) is 16.5. The standard InChI is InChI=1S/C14H10S8Se2/c1-15-9-10(16-2)18-7(17-9)3-4-8-19-11-12(20-8)22-13(21-11)14-23-5-6-24-14/h3-6H,1-2H3. The van der Waals surface area contributed by atoms with Gasteiger partial charge in [0.05, 0.1) is 0 Å². The van der Waals surface area contributed by atoms with Crippen molar-refractivity contribution in [3.05, 3.63) is 55.1 Å². The molecular weight excluding hydrogens is 583 g/mol. The van der Waals surface area contributed by atoms with E-state index in [9.17, 15) is 0 Å². The minimum absolute atomic E-state index is 0.626. The van der Waals surface area contributed by atoms with E-state index in [-0.39, 0.29) is 0 Å². The van der Waals surface area contributed by atoms with Gasteiger partial charge in [-0.05, 0) is 12.5 Å². The van der Waals surface area contributed by atoms with Crippen LogP contribution in [0.1, 0.15) is 0 Å². The quantitative estimate of drug-likeness (QED) is 0.314. The summed E-state index contributed by atoms with van der Waals surface area (Å²) in [5.74, 6) is 0. The molecule has 0 fully saturated rings. The van der Waals surface area contributed by atoms with Crippen LogP contribution in [0.15, 0.2) is 55.1 Å². The molecule has 4 rings (SSSR count). The number of rotatable bonds is 3. The molecule has 0 radical (unpaired) electrons. The second kappa shape index (κ2) is 9.18. The van der Waals surface area contributed by atoms with Crippen LogP contribution in [0.4, 0.5) is 0 Å². The Bertz CT molecular complexity index is 709. The molecule has 0 bridgehead atoms. The van der Waals surface area contributed by atoms with E-state index in [1.54, 1.807) is 7.61 Å². The third kappa shape index (κ3) is 4.47. The van der Waals surface area contributed by atoms with Crippen molar-refractivity contribution in [2.75, 3.05) is 12.5 Å². The van der Waals surface area contributed by atoms with Gasteiger partial charge in [-0.2, -0.15) is 0 Å². The van der Waals surface area contributed by atoms with Crippen LogP contribution < -0.4 is 0 Å². The summed E-state index contributed by atoms with van der Waals surface area (Å²) in [7, 11) is 0. The summed E-state index contributed by atoms with van der Waals surface area (Å²) in [4.78, 5) is 4.77. The summed E-state index contributed by atoms with van der Waals surface area (Å²) >= 11 is 16.8. The molecule has 126 valence electrons. The average molecular weight is 593 g/mol. The Labute approximate surface area is 189 Å². The first-order chi connectivity index (χ1) is 11.8. The first-order valence-electron chi connectivity index (χ1n) is 6.55. The van der Waals surface area contributed by atoms with E-state index in [4.69, 9.17) is 0 Å². The van der Waals surface area contributed by atoms with Crippen molar-refractivity contribution in [2.24, 2.45) is 0 Å². The van der Waals surface area contributed by atoms with E-state index >= 15 is 0 Å². The normalized spacial score (nSPS) is 23.2. The van der Waals surface area contributed by atoms with Crippen molar-refractivity contribution in [3.8, 4) is 0 Å². The van der Waals surface area contributed by atoms with E-state index in [1.165, 1.54) is 25.4 Å².